The number of nitrogens with two attached hydrogens (primary N) is 1. The third-order valence-corrected chi connectivity index (χ3v) is 3.96. The van der Waals surface area contributed by atoms with E-state index in [-0.39, 0.29) is 24.8 Å². The molecule has 2 N–H and O–H groups in total. The van der Waals surface area contributed by atoms with E-state index in [1.54, 1.807) is 0 Å². The van der Waals surface area contributed by atoms with Gasteiger partial charge in [-0.2, -0.15) is 4.98 Å². The predicted molar refractivity (Wildman–Crippen MR) is 81.2 cm³/mol. The maximum Gasteiger partial charge on any atom is 0.240 e. The molecule has 2 fully saturated rings. The van der Waals surface area contributed by atoms with Gasteiger partial charge in [-0.3, -0.25) is 9.80 Å². The third kappa shape index (κ3) is 4.05. The van der Waals surface area contributed by atoms with E-state index < -0.39 is 0 Å². The average Bonchev–Trinajstić information content (AvgIpc) is 2.93. The number of nitrogens with zero attached hydrogens (tertiary/aromatic N) is 4. The summed E-state index contributed by atoms with van der Waals surface area (Å²) in [5.74, 6) is 1.26. The Morgan fingerprint density at radius 1 is 1.35 bits per heavy atom. The summed E-state index contributed by atoms with van der Waals surface area (Å²) in [6.45, 7) is 3.48. The molecule has 1 saturated carbocycles. The van der Waals surface area contributed by atoms with Gasteiger partial charge >= 0.3 is 0 Å². The SMILES string of the molecule is CN(Cc1noc(CN)n1)C1CCN(C2CC2)C1.Cl.Cl. The second kappa shape index (κ2) is 7.56. The molecule has 116 valence electrons. The normalized spacial score (nSPS) is 22.6. The highest BCUT2D eigenvalue weighted by Gasteiger charge is 2.35. The monoisotopic (exact) mass is 323 g/mol. The molecule has 8 heteroatoms. The standard InChI is InChI=1S/C12H21N5O.2ClH/c1-16(8-11-14-12(6-13)18-15-11)10-4-5-17(7-10)9-2-3-9;;/h9-10H,2-8,13H2,1H3;2*1H. The van der Waals surface area contributed by atoms with Crippen LogP contribution in [0.15, 0.2) is 4.52 Å². The van der Waals surface area contributed by atoms with Crippen LogP contribution < -0.4 is 5.73 Å². The van der Waals surface area contributed by atoms with Crippen molar-refractivity contribution in [2.24, 2.45) is 5.73 Å². The number of halogens is 2. The van der Waals surface area contributed by atoms with Crippen LogP contribution in [-0.4, -0.2) is 52.2 Å². The second-order valence-electron chi connectivity index (χ2n) is 5.39. The van der Waals surface area contributed by atoms with Crippen LogP contribution in [0.4, 0.5) is 0 Å². The molecule has 1 unspecified atom stereocenters. The summed E-state index contributed by atoms with van der Waals surface area (Å²) in [5, 5.41) is 3.94. The lowest BCUT2D eigenvalue weighted by Gasteiger charge is -2.23. The van der Waals surface area contributed by atoms with Crippen molar-refractivity contribution in [2.45, 2.75) is 44.4 Å². The van der Waals surface area contributed by atoms with E-state index in [2.05, 4.69) is 27.0 Å². The van der Waals surface area contributed by atoms with Crippen LogP contribution in [0.1, 0.15) is 31.0 Å². The van der Waals surface area contributed by atoms with Crippen molar-refractivity contribution in [3.8, 4) is 0 Å². The summed E-state index contributed by atoms with van der Waals surface area (Å²) < 4.78 is 5.02. The van der Waals surface area contributed by atoms with Gasteiger partial charge in [0.2, 0.25) is 5.89 Å². The molecule has 1 aliphatic heterocycles. The Labute approximate surface area is 131 Å². The highest BCUT2D eigenvalue weighted by atomic mass is 35.5. The fraction of sp³-hybridized carbons (Fsp3) is 0.833. The van der Waals surface area contributed by atoms with Crippen LogP contribution in [0, 0.1) is 0 Å². The van der Waals surface area contributed by atoms with E-state index in [1.807, 2.05) is 0 Å². The minimum Gasteiger partial charge on any atom is -0.338 e. The molecule has 0 bridgehead atoms. The van der Waals surface area contributed by atoms with Gasteiger partial charge in [0.05, 0.1) is 13.1 Å². The molecule has 2 heterocycles. The smallest absolute Gasteiger partial charge is 0.240 e. The Balaban J connectivity index is 0.000001000. The lowest BCUT2D eigenvalue weighted by Crippen LogP contribution is -2.35. The quantitative estimate of drug-likeness (QED) is 0.873. The molecule has 1 aromatic heterocycles. The molecule has 1 atom stereocenters. The summed E-state index contributed by atoms with van der Waals surface area (Å²) >= 11 is 0. The molecule has 1 saturated heterocycles. The van der Waals surface area contributed by atoms with Gasteiger partial charge in [0.1, 0.15) is 0 Å². The molecule has 0 spiro atoms. The summed E-state index contributed by atoms with van der Waals surface area (Å²) in [6.07, 6.45) is 4.02. The van der Waals surface area contributed by atoms with E-state index in [9.17, 15) is 0 Å². The molecule has 3 rings (SSSR count). The van der Waals surface area contributed by atoms with Gasteiger partial charge in [0.15, 0.2) is 5.82 Å². The fourth-order valence-electron chi connectivity index (χ4n) is 2.69. The molecular formula is C12H23Cl2N5O. The highest BCUT2D eigenvalue weighted by molar-refractivity contribution is 5.85. The first kappa shape index (κ1) is 17.7. The maximum absolute atomic E-state index is 5.46. The lowest BCUT2D eigenvalue weighted by molar-refractivity contribution is 0.215. The zero-order chi connectivity index (χ0) is 12.5. The molecule has 0 radical (unpaired) electrons. The summed E-state index contributed by atoms with van der Waals surface area (Å²) in [6, 6.07) is 1.49. The van der Waals surface area contributed by atoms with Gasteiger partial charge in [-0.15, -0.1) is 24.8 Å². The van der Waals surface area contributed by atoms with Gasteiger partial charge in [0.25, 0.3) is 0 Å². The van der Waals surface area contributed by atoms with E-state index in [1.165, 1.54) is 32.4 Å². The predicted octanol–water partition coefficient (Wildman–Crippen LogP) is 1.04. The van der Waals surface area contributed by atoms with Gasteiger partial charge < -0.3 is 10.3 Å². The molecular weight excluding hydrogens is 301 g/mol. The topological polar surface area (TPSA) is 71.4 Å². The second-order valence-corrected chi connectivity index (χ2v) is 5.39. The molecule has 2 aliphatic rings. The van der Waals surface area contributed by atoms with Crippen molar-refractivity contribution in [2.75, 3.05) is 20.1 Å². The van der Waals surface area contributed by atoms with Crippen molar-refractivity contribution in [3.05, 3.63) is 11.7 Å². The molecule has 1 aromatic rings. The van der Waals surface area contributed by atoms with Gasteiger partial charge in [-0.05, 0) is 26.3 Å². The first-order chi connectivity index (χ1) is 8.76. The number of aromatic nitrogens is 2. The zero-order valence-electron chi connectivity index (χ0n) is 11.7. The number of hydrogen-bond acceptors (Lipinski definition) is 6. The van der Waals surface area contributed by atoms with Crippen LogP contribution in [0.5, 0.6) is 0 Å². The first-order valence-electron chi connectivity index (χ1n) is 6.72. The van der Waals surface area contributed by atoms with Gasteiger partial charge in [0, 0.05) is 25.2 Å². The maximum atomic E-state index is 5.46. The Morgan fingerprint density at radius 2 is 2.10 bits per heavy atom. The van der Waals surface area contributed by atoms with E-state index in [0.29, 0.717) is 18.5 Å². The van der Waals surface area contributed by atoms with Crippen LogP contribution in [0.3, 0.4) is 0 Å². The first-order valence-corrected chi connectivity index (χ1v) is 6.72. The molecule has 0 amide bonds. The summed E-state index contributed by atoms with van der Waals surface area (Å²) in [4.78, 5) is 9.19. The fourth-order valence-corrected chi connectivity index (χ4v) is 2.69. The highest BCUT2D eigenvalue weighted by Crippen LogP contribution is 2.31. The average molecular weight is 324 g/mol. The van der Waals surface area contributed by atoms with Crippen molar-refractivity contribution in [1.82, 2.24) is 19.9 Å². The minimum atomic E-state index is 0. The number of likely N-dealkylation sites (tertiary alicyclic amines) is 1. The molecule has 0 aromatic carbocycles. The van der Waals surface area contributed by atoms with Crippen LogP contribution in [0.25, 0.3) is 0 Å². The van der Waals surface area contributed by atoms with Crippen molar-refractivity contribution in [1.29, 1.82) is 0 Å². The van der Waals surface area contributed by atoms with E-state index in [0.717, 1.165) is 18.4 Å². The van der Waals surface area contributed by atoms with Crippen molar-refractivity contribution in [3.63, 3.8) is 0 Å². The molecule has 1 aliphatic carbocycles. The van der Waals surface area contributed by atoms with Crippen LogP contribution in [0.2, 0.25) is 0 Å². The molecule has 20 heavy (non-hydrogen) atoms. The summed E-state index contributed by atoms with van der Waals surface area (Å²) in [5.41, 5.74) is 5.46. The summed E-state index contributed by atoms with van der Waals surface area (Å²) in [7, 11) is 2.14. The Morgan fingerprint density at radius 3 is 2.70 bits per heavy atom. The Kier molecular flexibility index (Phi) is 6.68. The molecule has 6 nitrogen and oxygen atoms in total. The Bertz CT molecular complexity index is 412. The Hall–Kier alpha value is -0.400. The lowest BCUT2D eigenvalue weighted by atomic mass is 10.2. The zero-order valence-corrected chi connectivity index (χ0v) is 13.3. The van der Waals surface area contributed by atoms with Gasteiger partial charge in [-0.1, -0.05) is 5.16 Å². The van der Waals surface area contributed by atoms with Crippen LogP contribution in [-0.2, 0) is 13.1 Å². The van der Waals surface area contributed by atoms with Gasteiger partial charge in [-0.25, -0.2) is 0 Å². The number of likely N-dealkylation sites (N-methyl/N-ethyl adjacent to an activating group) is 1. The number of rotatable bonds is 5. The largest absolute Gasteiger partial charge is 0.338 e. The van der Waals surface area contributed by atoms with Crippen LogP contribution >= 0.6 is 24.8 Å². The van der Waals surface area contributed by atoms with Crippen molar-refractivity contribution >= 4 is 24.8 Å². The third-order valence-electron chi connectivity index (χ3n) is 3.96. The van der Waals surface area contributed by atoms with Crippen molar-refractivity contribution < 1.29 is 4.52 Å². The van der Waals surface area contributed by atoms with E-state index >= 15 is 0 Å². The minimum absolute atomic E-state index is 0. The van der Waals surface area contributed by atoms with E-state index in [4.69, 9.17) is 10.3 Å². The number of hydrogen-bond donors (Lipinski definition) is 1.